The average molecular weight is 438 g/mol. The van der Waals surface area contributed by atoms with Crippen LogP contribution in [0.5, 0.6) is 5.75 Å². The molecule has 0 radical (unpaired) electrons. The summed E-state index contributed by atoms with van der Waals surface area (Å²) in [5.74, 6) is -1.00. The third-order valence-electron chi connectivity index (χ3n) is 4.84. The van der Waals surface area contributed by atoms with E-state index in [-0.39, 0.29) is 19.8 Å². The summed E-state index contributed by atoms with van der Waals surface area (Å²) in [4.78, 5) is 40.8. The monoisotopic (exact) mass is 438 g/mol. The van der Waals surface area contributed by atoms with Crippen LogP contribution in [-0.2, 0) is 37.0 Å². The third-order valence-corrected chi connectivity index (χ3v) is 4.84. The van der Waals surface area contributed by atoms with Crippen molar-refractivity contribution in [1.29, 1.82) is 0 Å². The number of esters is 2. The first-order chi connectivity index (χ1) is 15.6. The van der Waals surface area contributed by atoms with E-state index < -0.39 is 18.0 Å². The summed E-state index contributed by atoms with van der Waals surface area (Å²) in [6, 6.07) is 13.9. The molecule has 0 aliphatic rings. The SMILES string of the molecule is CCOC(=O)C(C(=O)OCC)N(C=O)Cc1c[nH]c2c(OCc3ccccc3)cccc12. The fourth-order valence-corrected chi connectivity index (χ4v) is 3.37. The van der Waals surface area contributed by atoms with Gasteiger partial charge in [-0.1, -0.05) is 42.5 Å². The first kappa shape index (κ1) is 22.9. The van der Waals surface area contributed by atoms with Crippen LogP contribution in [0, 0.1) is 0 Å². The number of hydrogen-bond acceptors (Lipinski definition) is 6. The lowest BCUT2D eigenvalue weighted by molar-refractivity contribution is -0.165. The molecule has 8 nitrogen and oxygen atoms in total. The lowest BCUT2D eigenvalue weighted by Crippen LogP contribution is -2.47. The fourth-order valence-electron chi connectivity index (χ4n) is 3.37. The second-order valence-electron chi connectivity index (χ2n) is 6.95. The minimum atomic E-state index is -1.48. The molecule has 0 bridgehead atoms. The van der Waals surface area contributed by atoms with E-state index in [9.17, 15) is 14.4 Å². The number of H-pyrrole nitrogens is 1. The second kappa shape index (κ2) is 11.0. The van der Waals surface area contributed by atoms with E-state index in [1.54, 1.807) is 20.0 Å². The summed E-state index contributed by atoms with van der Waals surface area (Å²) in [6.07, 6.45) is 2.18. The van der Waals surface area contributed by atoms with Crippen LogP contribution in [0.3, 0.4) is 0 Å². The number of nitrogens with zero attached hydrogens (tertiary/aromatic N) is 1. The molecule has 0 saturated carbocycles. The smallest absolute Gasteiger partial charge is 0.340 e. The second-order valence-corrected chi connectivity index (χ2v) is 6.95. The van der Waals surface area contributed by atoms with Crippen molar-refractivity contribution in [3.63, 3.8) is 0 Å². The maximum absolute atomic E-state index is 12.4. The Hall–Kier alpha value is -3.81. The molecule has 0 unspecified atom stereocenters. The predicted octanol–water partition coefficient (Wildman–Crippen LogP) is 3.20. The largest absolute Gasteiger partial charge is 0.487 e. The highest BCUT2D eigenvalue weighted by molar-refractivity contribution is 6.00. The lowest BCUT2D eigenvalue weighted by Gasteiger charge is -2.24. The molecule has 1 amide bonds. The van der Waals surface area contributed by atoms with Gasteiger partial charge in [-0.25, -0.2) is 9.59 Å². The number of carbonyl (C=O) groups excluding carboxylic acids is 3. The van der Waals surface area contributed by atoms with Crippen molar-refractivity contribution in [2.75, 3.05) is 13.2 Å². The molecule has 168 valence electrons. The van der Waals surface area contributed by atoms with Crippen molar-refractivity contribution >= 4 is 29.3 Å². The van der Waals surface area contributed by atoms with Crippen LogP contribution in [0.1, 0.15) is 25.0 Å². The molecule has 0 atom stereocenters. The van der Waals surface area contributed by atoms with Crippen LogP contribution in [0.25, 0.3) is 10.9 Å². The van der Waals surface area contributed by atoms with E-state index in [1.807, 2.05) is 48.5 Å². The third kappa shape index (κ3) is 5.26. The van der Waals surface area contributed by atoms with E-state index in [0.717, 1.165) is 26.9 Å². The molecule has 8 heteroatoms. The molecular formula is C24H26N2O6. The number of rotatable bonds is 11. The molecule has 0 saturated heterocycles. The van der Waals surface area contributed by atoms with Gasteiger partial charge in [-0.3, -0.25) is 4.79 Å². The van der Waals surface area contributed by atoms with Gasteiger partial charge in [0, 0.05) is 18.1 Å². The van der Waals surface area contributed by atoms with Crippen LogP contribution < -0.4 is 4.74 Å². The van der Waals surface area contributed by atoms with Gasteiger partial charge in [-0.15, -0.1) is 0 Å². The van der Waals surface area contributed by atoms with Gasteiger partial charge in [0.25, 0.3) is 0 Å². The van der Waals surface area contributed by atoms with Crippen LogP contribution in [-0.4, -0.2) is 47.5 Å². The van der Waals surface area contributed by atoms with Gasteiger partial charge in [0.2, 0.25) is 12.5 Å². The minimum absolute atomic E-state index is 0.00787. The van der Waals surface area contributed by atoms with Crippen LogP contribution >= 0.6 is 0 Å². The standard InChI is InChI=1S/C24H26N2O6/c1-3-30-23(28)22(24(29)31-4-2)26(16-27)14-18-13-25-21-19(18)11-8-12-20(21)32-15-17-9-6-5-7-10-17/h5-13,16,22,25H,3-4,14-15H2,1-2H3. The highest BCUT2D eigenvalue weighted by Crippen LogP contribution is 2.29. The van der Waals surface area contributed by atoms with Crippen molar-refractivity contribution in [2.45, 2.75) is 33.0 Å². The van der Waals surface area contributed by atoms with Crippen LogP contribution in [0.4, 0.5) is 0 Å². The molecule has 0 fully saturated rings. The maximum Gasteiger partial charge on any atom is 0.340 e. The Labute approximate surface area is 186 Å². The average Bonchev–Trinajstić information content (AvgIpc) is 3.21. The zero-order chi connectivity index (χ0) is 22.9. The number of fused-ring (bicyclic) bond motifs is 1. The van der Waals surface area contributed by atoms with Gasteiger partial charge in [-0.05, 0) is 31.0 Å². The van der Waals surface area contributed by atoms with E-state index in [0.29, 0.717) is 18.8 Å². The Bertz CT molecular complexity index is 1040. The number of benzene rings is 2. The van der Waals surface area contributed by atoms with E-state index in [1.165, 1.54) is 0 Å². The highest BCUT2D eigenvalue weighted by atomic mass is 16.6. The van der Waals surface area contributed by atoms with Crippen molar-refractivity contribution < 1.29 is 28.6 Å². The molecule has 1 aromatic heterocycles. The lowest BCUT2D eigenvalue weighted by atomic mass is 10.1. The number of hydrogen-bond donors (Lipinski definition) is 1. The van der Waals surface area contributed by atoms with Crippen molar-refractivity contribution in [3.8, 4) is 5.75 Å². The molecule has 3 aromatic rings. The minimum Gasteiger partial charge on any atom is -0.487 e. The Morgan fingerprint density at radius 1 is 1.00 bits per heavy atom. The Balaban J connectivity index is 1.84. The number of carbonyl (C=O) groups is 3. The van der Waals surface area contributed by atoms with Crippen molar-refractivity contribution in [2.24, 2.45) is 0 Å². The highest BCUT2D eigenvalue weighted by Gasteiger charge is 2.35. The van der Waals surface area contributed by atoms with Crippen LogP contribution in [0.15, 0.2) is 54.7 Å². The number of amides is 1. The van der Waals surface area contributed by atoms with Gasteiger partial charge < -0.3 is 24.1 Å². The van der Waals surface area contributed by atoms with Crippen molar-refractivity contribution in [1.82, 2.24) is 9.88 Å². The van der Waals surface area contributed by atoms with E-state index in [4.69, 9.17) is 14.2 Å². The quantitative estimate of drug-likeness (QED) is 0.280. The molecular weight excluding hydrogens is 412 g/mol. The summed E-state index contributed by atoms with van der Waals surface area (Å²) in [5, 5.41) is 0.814. The summed E-state index contributed by atoms with van der Waals surface area (Å²) in [7, 11) is 0. The zero-order valence-corrected chi connectivity index (χ0v) is 18.1. The Morgan fingerprint density at radius 2 is 1.69 bits per heavy atom. The molecule has 3 rings (SSSR count). The van der Waals surface area contributed by atoms with Crippen molar-refractivity contribution in [3.05, 3.63) is 65.9 Å². The molecule has 1 N–H and O–H groups in total. The maximum atomic E-state index is 12.4. The van der Waals surface area contributed by atoms with Gasteiger partial charge in [0.1, 0.15) is 12.4 Å². The van der Waals surface area contributed by atoms with E-state index in [2.05, 4.69) is 4.98 Å². The number of aromatic nitrogens is 1. The summed E-state index contributed by atoms with van der Waals surface area (Å²) >= 11 is 0. The number of ether oxygens (including phenoxy) is 3. The number of aromatic amines is 1. The predicted molar refractivity (Wildman–Crippen MR) is 118 cm³/mol. The zero-order valence-electron chi connectivity index (χ0n) is 18.1. The molecule has 32 heavy (non-hydrogen) atoms. The topological polar surface area (TPSA) is 97.9 Å². The van der Waals surface area contributed by atoms with Gasteiger partial charge in [0.15, 0.2) is 0 Å². The van der Waals surface area contributed by atoms with E-state index >= 15 is 0 Å². The summed E-state index contributed by atoms with van der Waals surface area (Å²) in [6.45, 7) is 3.83. The molecule has 0 aliphatic carbocycles. The first-order valence-corrected chi connectivity index (χ1v) is 10.4. The summed E-state index contributed by atoms with van der Waals surface area (Å²) in [5.41, 5.74) is 2.51. The Kier molecular flexibility index (Phi) is 7.85. The Morgan fingerprint density at radius 3 is 2.31 bits per heavy atom. The number of nitrogens with one attached hydrogen (secondary N) is 1. The molecule has 0 spiro atoms. The van der Waals surface area contributed by atoms with Gasteiger partial charge in [-0.2, -0.15) is 0 Å². The molecule has 0 aliphatic heterocycles. The fraction of sp³-hybridized carbons (Fsp3) is 0.292. The molecule has 1 heterocycles. The van der Waals surface area contributed by atoms with Gasteiger partial charge >= 0.3 is 11.9 Å². The first-order valence-electron chi connectivity index (χ1n) is 10.4. The molecule has 2 aromatic carbocycles. The van der Waals surface area contributed by atoms with Crippen LogP contribution in [0.2, 0.25) is 0 Å². The number of para-hydroxylation sites is 1. The summed E-state index contributed by atoms with van der Waals surface area (Å²) < 4.78 is 15.9. The van der Waals surface area contributed by atoms with Gasteiger partial charge in [0.05, 0.1) is 18.7 Å². The normalized spacial score (nSPS) is 10.7.